The molecule has 1 unspecified atom stereocenters. The van der Waals surface area contributed by atoms with Crippen LogP contribution in [0.5, 0.6) is 0 Å². The number of nitrogens with one attached hydrogen (secondary N) is 3. The highest BCUT2D eigenvalue weighted by Crippen LogP contribution is 2.31. The van der Waals surface area contributed by atoms with Gasteiger partial charge in [-0.1, -0.05) is 54.6 Å². The summed E-state index contributed by atoms with van der Waals surface area (Å²) in [5.41, 5.74) is 6.06. The first-order chi connectivity index (χ1) is 23.9. The molecular formula is C37H39N7O5. The van der Waals surface area contributed by atoms with Crippen molar-refractivity contribution >= 4 is 35.1 Å². The first-order valence-corrected chi connectivity index (χ1v) is 16.6. The molecule has 49 heavy (non-hydrogen) atoms. The number of rotatable bonds is 9. The van der Waals surface area contributed by atoms with Gasteiger partial charge in [0.1, 0.15) is 0 Å². The van der Waals surface area contributed by atoms with Gasteiger partial charge in [0.15, 0.2) is 11.9 Å². The molecule has 252 valence electrons. The molecule has 1 aromatic heterocycles. The molecule has 2 atom stereocenters. The van der Waals surface area contributed by atoms with E-state index in [0.29, 0.717) is 37.3 Å². The Morgan fingerprint density at radius 3 is 2.47 bits per heavy atom. The molecule has 0 bridgehead atoms. The third kappa shape index (κ3) is 6.96. The van der Waals surface area contributed by atoms with E-state index >= 15 is 0 Å². The number of aromatic nitrogens is 2. The van der Waals surface area contributed by atoms with Gasteiger partial charge in [-0.3, -0.25) is 34.5 Å². The second-order valence-electron chi connectivity index (χ2n) is 12.8. The van der Waals surface area contributed by atoms with Crippen LogP contribution in [0.4, 0.5) is 11.5 Å². The van der Waals surface area contributed by atoms with Crippen LogP contribution in [0.3, 0.4) is 0 Å². The largest absolute Gasteiger partial charge is 0.369 e. The van der Waals surface area contributed by atoms with Gasteiger partial charge in [-0.05, 0) is 47.4 Å². The van der Waals surface area contributed by atoms with Crippen molar-refractivity contribution in [2.24, 2.45) is 0 Å². The molecule has 0 aliphatic carbocycles. The highest BCUT2D eigenvalue weighted by atomic mass is 16.5. The van der Waals surface area contributed by atoms with E-state index in [1.54, 1.807) is 4.90 Å². The first kappa shape index (κ1) is 32.2. The van der Waals surface area contributed by atoms with E-state index in [1.165, 1.54) is 7.11 Å². The number of anilines is 2. The van der Waals surface area contributed by atoms with Gasteiger partial charge in [0.25, 0.3) is 11.8 Å². The number of ether oxygens (including phenoxy) is 1. The van der Waals surface area contributed by atoms with Crippen LogP contribution in [-0.2, 0) is 38.8 Å². The Bertz CT molecular complexity index is 1850. The molecule has 7 rings (SSSR count). The van der Waals surface area contributed by atoms with Crippen molar-refractivity contribution in [3.05, 3.63) is 112 Å². The highest BCUT2D eigenvalue weighted by Gasteiger charge is 2.33. The molecule has 4 heterocycles. The van der Waals surface area contributed by atoms with Crippen LogP contribution in [0.2, 0.25) is 0 Å². The van der Waals surface area contributed by atoms with Gasteiger partial charge in [0, 0.05) is 63.1 Å². The number of piperazine rings is 1. The van der Waals surface area contributed by atoms with Crippen LogP contribution < -0.4 is 15.5 Å². The molecule has 3 aromatic carbocycles. The zero-order valence-corrected chi connectivity index (χ0v) is 27.4. The Morgan fingerprint density at radius 1 is 0.959 bits per heavy atom. The van der Waals surface area contributed by atoms with Crippen LogP contribution in [0.15, 0.2) is 78.9 Å². The maximum Gasteiger partial charge on any atom is 0.256 e. The normalized spacial score (nSPS) is 18.6. The number of amides is 4. The lowest BCUT2D eigenvalue weighted by atomic mass is 9.89. The van der Waals surface area contributed by atoms with E-state index in [1.807, 2.05) is 66.7 Å². The summed E-state index contributed by atoms with van der Waals surface area (Å²) < 4.78 is 5.54. The molecule has 3 aliphatic rings. The van der Waals surface area contributed by atoms with Gasteiger partial charge in [0.2, 0.25) is 11.8 Å². The fraction of sp³-hybridized carbons (Fsp3) is 0.324. The Balaban J connectivity index is 0.911. The number of fused-ring (bicyclic) bond motifs is 1. The minimum atomic E-state index is -0.707. The lowest BCUT2D eigenvalue weighted by Gasteiger charge is -2.36. The highest BCUT2D eigenvalue weighted by molar-refractivity contribution is 6.04. The molecule has 12 heteroatoms. The molecule has 12 nitrogen and oxygen atoms in total. The van der Waals surface area contributed by atoms with E-state index in [2.05, 4.69) is 42.8 Å². The molecule has 3 N–H and O–H groups in total. The topological polar surface area (TPSA) is 140 Å². The molecule has 2 saturated heterocycles. The lowest BCUT2D eigenvalue weighted by molar-refractivity contribution is -0.143. The predicted octanol–water partition coefficient (Wildman–Crippen LogP) is 3.73. The summed E-state index contributed by atoms with van der Waals surface area (Å²) in [7, 11) is 1.53. The molecule has 0 spiro atoms. The van der Waals surface area contributed by atoms with Crippen LogP contribution in [0, 0.1) is 0 Å². The van der Waals surface area contributed by atoms with Gasteiger partial charge in [0.05, 0.1) is 24.7 Å². The third-order valence-electron chi connectivity index (χ3n) is 9.62. The number of hydrogen-bond acceptors (Lipinski definition) is 8. The van der Waals surface area contributed by atoms with Crippen molar-refractivity contribution in [1.29, 1.82) is 0 Å². The summed E-state index contributed by atoms with van der Waals surface area (Å²) >= 11 is 0. The van der Waals surface area contributed by atoms with Crippen molar-refractivity contribution in [3.63, 3.8) is 0 Å². The third-order valence-corrected chi connectivity index (χ3v) is 9.62. The zero-order chi connectivity index (χ0) is 33.9. The van der Waals surface area contributed by atoms with Crippen LogP contribution in [-0.4, -0.2) is 76.9 Å². The zero-order valence-electron chi connectivity index (χ0n) is 27.4. The van der Waals surface area contributed by atoms with Gasteiger partial charge in [-0.2, -0.15) is 5.10 Å². The summed E-state index contributed by atoms with van der Waals surface area (Å²) in [6.45, 7) is 4.93. The maximum atomic E-state index is 13.3. The van der Waals surface area contributed by atoms with E-state index in [9.17, 15) is 19.2 Å². The second-order valence-corrected chi connectivity index (χ2v) is 12.8. The summed E-state index contributed by atoms with van der Waals surface area (Å²) in [6, 6.07) is 25.1. The molecule has 4 amide bonds. The van der Waals surface area contributed by atoms with Crippen molar-refractivity contribution in [2.75, 3.05) is 43.5 Å². The number of aromatic amines is 1. The fourth-order valence-corrected chi connectivity index (χ4v) is 6.92. The number of imide groups is 1. The van der Waals surface area contributed by atoms with E-state index < -0.39 is 6.10 Å². The van der Waals surface area contributed by atoms with Crippen molar-refractivity contribution in [1.82, 2.24) is 25.3 Å². The van der Waals surface area contributed by atoms with Crippen LogP contribution in [0.25, 0.3) is 0 Å². The van der Waals surface area contributed by atoms with Crippen molar-refractivity contribution in [3.8, 4) is 0 Å². The van der Waals surface area contributed by atoms with Gasteiger partial charge in [-0.25, -0.2) is 0 Å². The number of nitrogens with zero attached hydrogens (tertiary/aromatic N) is 4. The van der Waals surface area contributed by atoms with Gasteiger partial charge < -0.3 is 19.9 Å². The van der Waals surface area contributed by atoms with Crippen LogP contribution in [0.1, 0.15) is 63.2 Å². The average Bonchev–Trinajstić information content (AvgIpc) is 3.71. The SMILES string of the molecule is CO[C@@H](C(=O)N1Cc2[nH]nc(NC(=O)c3ccc(N4CCN(Cc5cccc(C6CCC(=O)NC6=O)c5)CC4)cc3)c2C1)c1ccccc1. The number of piperidine rings is 1. The van der Waals surface area contributed by atoms with Crippen molar-refractivity contribution in [2.45, 2.75) is 44.5 Å². The lowest BCUT2D eigenvalue weighted by Crippen LogP contribution is -2.46. The number of carbonyl (C=O) groups excluding carboxylic acids is 4. The number of hydrogen-bond donors (Lipinski definition) is 3. The Kier molecular flexibility index (Phi) is 9.23. The molecular weight excluding hydrogens is 622 g/mol. The molecule has 3 aliphatic heterocycles. The second kappa shape index (κ2) is 14.0. The first-order valence-electron chi connectivity index (χ1n) is 16.6. The molecule has 0 saturated carbocycles. The summed E-state index contributed by atoms with van der Waals surface area (Å²) in [5.74, 6) is -0.689. The van der Waals surface area contributed by atoms with Crippen molar-refractivity contribution < 1.29 is 23.9 Å². The quantitative estimate of drug-likeness (QED) is 0.231. The van der Waals surface area contributed by atoms with E-state index in [0.717, 1.165) is 66.4 Å². The Hall–Kier alpha value is -5.33. The minimum Gasteiger partial charge on any atom is -0.369 e. The van der Waals surface area contributed by atoms with Crippen LogP contribution >= 0.6 is 0 Å². The summed E-state index contributed by atoms with van der Waals surface area (Å²) in [4.78, 5) is 56.8. The fourth-order valence-electron chi connectivity index (χ4n) is 6.92. The molecule has 4 aromatic rings. The monoisotopic (exact) mass is 661 g/mol. The predicted molar refractivity (Wildman–Crippen MR) is 182 cm³/mol. The Labute approximate surface area is 284 Å². The van der Waals surface area contributed by atoms with E-state index in [-0.39, 0.29) is 29.5 Å². The minimum absolute atomic E-state index is 0.147. The standard InChI is InChI=1S/C37H39N7O5/c1-49-33(25-7-3-2-4-8-25)37(48)44-22-30-31(23-44)40-41-34(30)39-35(46)26-10-12-28(13-11-26)43-18-16-42(17-19-43)21-24-6-5-9-27(20-24)29-14-15-32(45)38-36(29)47/h2-13,20,29,33H,14-19,21-23H2,1H3,(H,38,45,47)(H2,39,40,41,46)/t29?,33-/m1/s1. The van der Waals surface area contributed by atoms with Gasteiger partial charge >= 0.3 is 0 Å². The molecule has 0 radical (unpaired) electrons. The maximum absolute atomic E-state index is 13.3. The van der Waals surface area contributed by atoms with Gasteiger partial charge in [-0.15, -0.1) is 0 Å². The average molecular weight is 662 g/mol. The summed E-state index contributed by atoms with van der Waals surface area (Å²) in [6.07, 6.45) is 0.208. The Morgan fingerprint density at radius 2 is 1.73 bits per heavy atom. The number of H-pyrrole nitrogens is 1. The number of carbonyl (C=O) groups is 4. The van der Waals surface area contributed by atoms with E-state index in [4.69, 9.17) is 4.74 Å². The molecule has 2 fully saturated rings. The summed E-state index contributed by atoms with van der Waals surface area (Å²) in [5, 5.41) is 12.7. The smallest absolute Gasteiger partial charge is 0.256 e. The number of methoxy groups -OCH3 is 1. The number of benzene rings is 3.